The van der Waals surface area contributed by atoms with Gasteiger partial charge in [0.05, 0.1) is 5.56 Å². The number of hydrogen-bond donors (Lipinski definition) is 1. The molecule has 0 fully saturated rings. The molecule has 0 atom stereocenters. The molecule has 2 aromatic rings. The summed E-state index contributed by atoms with van der Waals surface area (Å²) < 4.78 is 0. The van der Waals surface area contributed by atoms with Crippen LogP contribution in [0.3, 0.4) is 0 Å². The van der Waals surface area contributed by atoms with Crippen molar-refractivity contribution in [1.82, 2.24) is 4.98 Å². The van der Waals surface area contributed by atoms with Crippen molar-refractivity contribution in [2.75, 3.05) is 0 Å². The van der Waals surface area contributed by atoms with E-state index in [4.69, 9.17) is 10.4 Å². The Labute approximate surface area is 97.8 Å². The molecule has 0 spiro atoms. The van der Waals surface area contributed by atoms with E-state index in [-0.39, 0.29) is 11.3 Å². The maximum Gasteiger partial charge on any atom is 0.335 e. The maximum absolute atomic E-state index is 10.9. The lowest BCUT2D eigenvalue weighted by molar-refractivity contribution is 0.0697. The summed E-state index contributed by atoms with van der Waals surface area (Å²) in [7, 11) is 0. The number of pyridine rings is 1. The molecule has 1 heterocycles. The normalized spacial score (nSPS) is 9.59. The number of hydrogen-bond acceptors (Lipinski definition) is 3. The zero-order valence-electron chi connectivity index (χ0n) is 8.79. The van der Waals surface area contributed by atoms with Crippen LogP contribution in [-0.2, 0) is 0 Å². The summed E-state index contributed by atoms with van der Waals surface area (Å²) in [5.41, 5.74) is 1.79. The number of carbonyl (C=O) groups is 1. The van der Waals surface area contributed by atoms with Gasteiger partial charge in [-0.15, -0.1) is 0 Å². The van der Waals surface area contributed by atoms with Crippen LogP contribution in [0.4, 0.5) is 0 Å². The van der Waals surface area contributed by atoms with Crippen LogP contribution in [0, 0.1) is 11.3 Å². The molecule has 0 aliphatic heterocycles. The molecule has 0 radical (unpaired) electrons. The van der Waals surface area contributed by atoms with Gasteiger partial charge in [-0.3, -0.25) is 0 Å². The second-order valence-corrected chi connectivity index (χ2v) is 3.40. The monoisotopic (exact) mass is 224 g/mol. The third-order valence-corrected chi connectivity index (χ3v) is 2.33. The van der Waals surface area contributed by atoms with Gasteiger partial charge in [-0.05, 0) is 29.8 Å². The van der Waals surface area contributed by atoms with Crippen molar-refractivity contribution in [3.8, 4) is 17.2 Å². The summed E-state index contributed by atoms with van der Waals surface area (Å²) in [4.78, 5) is 14.8. The number of aromatic carboxylic acids is 1. The summed E-state index contributed by atoms with van der Waals surface area (Å²) in [5.74, 6) is -0.991. The molecule has 0 aliphatic rings. The molecule has 4 nitrogen and oxygen atoms in total. The highest BCUT2D eigenvalue weighted by atomic mass is 16.4. The third-order valence-electron chi connectivity index (χ3n) is 2.33. The summed E-state index contributed by atoms with van der Waals surface area (Å²) in [6.45, 7) is 0. The van der Waals surface area contributed by atoms with E-state index in [1.165, 1.54) is 18.3 Å². The van der Waals surface area contributed by atoms with Gasteiger partial charge >= 0.3 is 5.97 Å². The lowest BCUT2D eigenvalue weighted by Crippen LogP contribution is -1.96. The van der Waals surface area contributed by atoms with Gasteiger partial charge in [-0.25, -0.2) is 9.78 Å². The van der Waals surface area contributed by atoms with Gasteiger partial charge < -0.3 is 5.11 Å². The summed E-state index contributed by atoms with van der Waals surface area (Å²) in [5, 5.41) is 17.8. The minimum Gasteiger partial charge on any atom is -0.478 e. The van der Waals surface area contributed by atoms with E-state index in [1.54, 1.807) is 24.3 Å². The highest BCUT2D eigenvalue weighted by molar-refractivity contribution is 5.89. The number of carboxylic acid groups (broad SMARTS) is 1. The van der Waals surface area contributed by atoms with Gasteiger partial charge in [-0.1, -0.05) is 12.1 Å². The Bertz CT molecular complexity index is 615. The van der Waals surface area contributed by atoms with E-state index >= 15 is 0 Å². The second kappa shape index (κ2) is 4.45. The first-order valence-electron chi connectivity index (χ1n) is 4.91. The molecule has 1 aromatic carbocycles. The van der Waals surface area contributed by atoms with Crippen molar-refractivity contribution < 1.29 is 9.90 Å². The lowest BCUT2D eigenvalue weighted by atomic mass is 10.0. The van der Waals surface area contributed by atoms with Crippen molar-refractivity contribution in [2.24, 2.45) is 0 Å². The summed E-state index contributed by atoms with van der Waals surface area (Å²) in [6.07, 6.45) is 1.53. The van der Waals surface area contributed by atoms with E-state index in [0.717, 1.165) is 0 Å². The molecule has 0 bridgehead atoms. The fourth-order valence-corrected chi connectivity index (χ4v) is 1.55. The van der Waals surface area contributed by atoms with Gasteiger partial charge in [-0.2, -0.15) is 5.26 Å². The number of benzene rings is 1. The van der Waals surface area contributed by atoms with Crippen LogP contribution in [0.2, 0.25) is 0 Å². The molecule has 0 amide bonds. The largest absolute Gasteiger partial charge is 0.478 e. The molecule has 0 unspecified atom stereocenters. The fourth-order valence-electron chi connectivity index (χ4n) is 1.55. The van der Waals surface area contributed by atoms with E-state index in [9.17, 15) is 4.79 Å². The third kappa shape index (κ3) is 2.13. The van der Waals surface area contributed by atoms with E-state index in [1.807, 2.05) is 6.07 Å². The number of aromatic nitrogens is 1. The molecule has 0 saturated heterocycles. The summed E-state index contributed by atoms with van der Waals surface area (Å²) >= 11 is 0. The quantitative estimate of drug-likeness (QED) is 0.849. The Kier molecular flexibility index (Phi) is 2.84. The van der Waals surface area contributed by atoms with Crippen LogP contribution < -0.4 is 0 Å². The standard InChI is InChI=1S/C13H8N2O2/c14-8-12-11(5-2-6-15-12)9-3-1-4-10(7-9)13(16)17/h1-7H,(H,16,17). The average Bonchev–Trinajstić information content (AvgIpc) is 2.39. The average molecular weight is 224 g/mol. The Hall–Kier alpha value is -2.67. The molecule has 2 rings (SSSR count). The summed E-state index contributed by atoms with van der Waals surface area (Å²) in [6, 6.07) is 11.9. The molecular formula is C13H8N2O2. The number of nitriles is 1. The minimum absolute atomic E-state index is 0.190. The number of carboxylic acids is 1. The van der Waals surface area contributed by atoms with Gasteiger partial charge in [0.25, 0.3) is 0 Å². The van der Waals surface area contributed by atoms with Gasteiger partial charge in [0.1, 0.15) is 11.8 Å². The second-order valence-electron chi connectivity index (χ2n) is 3.40. The first-order chi connectivity index (χ1) is 8.22. The van der Waals surface area contributed by atoms with Crippen LogP contribution >= 0.6 is 0 Å². The van der Waals surface area contributed by atoms with Gasteiger partial charge in [0, 0.05) is 11.8 Å². The first kappa shape index (κ1) is 10.8. The lowest BCUT2D eigenvalue weighted by Gasteiger charge is -2.03. The molecule has 1 N–H and O–H groups in total. The van der Waals surface area contributed by atoms with Crippen LogP contribution in [0.5, 0.6) is 0 Å². The van der Waals surface area contributed by atoms with Crippen LogP contribution in [0.25, 0.3) is 11.1 Å². The maximum atomic E-state index is 10.9. The zero-order valence-corrected chi connectivity index (χ0v) is 8.79. The topological polar surface area (TPSA) is 74.0 Å². The number of rotatable bonds is 2. The first-order valence-corrected chi connectivity index (χ1v) is 4.91. The molecule has 0 saturated carbocycles. The van der Waals surface area contributed by atoms with Crippen LogP contribution in [0.15, 0.2) is 42.6 Å². The number of nitrogens with zero attached hydrogens (tertiary/aromatic N) is 2. The Balaban J connectivity index is 2.57. The minimum atomic E-state index is -0.991. The molecule has 1 aromatic heterocycles. The SMILES string of the molecule is N#Cc1ncccc1-c1cccc(C(=O)O)c1. The Morgan fingerprint density at radius 2 is 2.12 bits per heavy atom. The van der Waals surface area contributed by atoms with Crippen LogP contribution in [0.1, 0.15) is 16.1 Å². The smallest absolute Gasteiger partial charge is 0.335 e. The molecule has 82 valence electrons. The van der Waals surface area contributed by atoms with E-state index < -0.39 is 5.97 Å². The zero-order chi connectivity index (χ0) is 12.3. The molecule has 17 heavy (non-hydrogen) atoms. The molecular weight excluding hydrogens is 216 g/mol. The van der Waals surface area contributed by atoms with Crippen LogP contribution in [-0.4, -0.2) is 16.1 Å². The van der Waals surface area contributed by atoms with Crippen molar-refractivity contribution >= 4 is 5.97 Å². The van der Waals surface area contributed by atoms with Crippen molar-refractivity contribution in [1.29, 1.82) is 5.26 Å². The van der Waals surface area contributed by atoms with E-state index in [0.29, 0.717) is 11.1 Å². The Morgan fingerprint density at radius 3 is 2.82 bits per heavy atom. The predicted octanol–water partition coefficient (Wildman–Crippen LogP) is 2.32. The van der Waals surface area contributed by atoms with Crippen molar-refractivity contribution in [2.45, 2.75) is 0 Å². The van der Waals surface area contributed by atoms with Crippen molar-refractivity contribution in [3.63, 3.8) is 0 Å². The Morgan fingerprint density at radius 1 is 1.29 bits per heavy atom. The van der Waals surface area contributed by atoms with Gasteiger partial charge in [0.2, 0.25) is 0 Å². The molecule has 4 heteroatoms. The fraction of sp³-hybridized carbons (Fsp3) is 0. The molecule has 0 aliphatic carbocycles. The van der Waals surface area contributed by atoms with E-state index in [2.05, 4.69) is 4.98 Å². The highest BCUT2D eigenvalue weighted by Crippen LogP contribution is 2.22. The highest BCUT2D eigenvalue weighted by Gasteiger charge is 2.08. The predicted molar refractivity (Wildman–Crippen MR) is 61.3 cm³/mol. The van der Waals surface area contributed by atoms with Crippen molar-refractivity contribution in [3.05, 3.63) is 53.9 Å². The van der Waals surface area contributed by atoms with Gasteiger partial charge in [0.15, 0.2) is 0 Å².